The van der Waals surface area contributed by atoms with Crippen LogP contribution in [0.15, 0.2) is 0 Å². The lowest BCUT2D eigenvalue weighted by Gasteiger charge is -2.32. The number of likely N-dealkylation sites (tertiary alicyclic amines) is 1. The molecule has 1 atom stereocenters. The van der Waals surface area contributed by atoms with E-state index in [1.54, 1.807) is 4.90 Å². The van der Waals surface area contributed by atoms with E-state index in [-0.39, 0.29) is 17.9 Å². The van der Waals surface area contributed by atoms with Crippen molar-refractivity contribution in [2.45, 2.75) is 45.6 Å². The molecule has 0 spiro atoms. The average Bonchev–Trinajstić information content (AvgIpc) is 3.19. The van der Waals surface area contributed by atoms with Crippen molar-refractivity contribution in [3.05, 3.63) is 17.0 Å². The van der Waals surface area contributed by atoms with Gasteiger partial charge in [0, 0.05) is 38.8 Å². The second kappa shape index (κ2) is 7.56. The van der Waals surface area contributed by atoms with Gasteiger partial charge in [-0.25, -0.2) is 0 Å². The maximum absolute atomic E-state index is 12.8. The predicted molar refractivity (Wildman–Crippen MR) is 93.1 cm³/mol. The van der Waals surface area contributed by atoms with Crippen LogP contribution in [0.25, 0.3) is 0 Å². The molecule has 2 fully saturated rings. The van der Waals surface area contributed by atoms with Gasteiger partial charge in [0.05, 0.1) is 18.9 Å². The SMILES string of the molecule is Cc1nn(C)c(C)c1CCC(=O)N1CCC[C@H]1C(=O)N1CCOCC1. The molecule has 2 amide bonds. The summed E-state index contributed by atoms with van der Waals surface area (Å²) in [6.07, 6.45) is 2.78. The lowest BCUT2D eigenvalue weighted by atomic mass is 10.1. The maximum Gasteiger partial charge on any atom is 0.245 e. The Bertz CT molecular complexity index is 649. The number of aromatic nitrogens is 2. The number of amides is 2. The number of carbonyl (C=O) groups excluding carboxylic acids is 2. The Morgan fingerprint density at radius 2 is 1.92 bits per heavy atom. The highest BCUT2D eigenvalue weighted by Gasteiger charge is 2.36. The molecule has 138 valence electrons. The van der Waals surface area contributed by atoms with E-state index in [1.165, 1.54) is 0 Å². The topological polar surface area (TPSA) is 67.7 Å². The highest BCUT2D eigenvalue weighted by molar-refractivity contribution is 5.88. The van der Waals surface area contributed by atoms with Gasteiger partial charge in [-0.1, -0.05) is 0 Å². The van der Waals surface area contributed by atoms with Gasteiger partial charge in [0.2, 0.25) is 11.8 Å². The van der Waals surface area contributed by atoms with Crippen molar-refractivity contribution in [3.8, 4) is 0 Å². The van der Waals surface area contributed by atoms with Crippen LogP contribution in [0.5, 0.6) is 0 Å². The molecule has 0 radical (unpaired) electrons. The first-order valence-corrected chi connectivity index (χ1v) is 9.14. The van der Waals surface area contributed by atoms with E-state index >= 15 is 0 Å². The summed E-state index contributed by atoms with van der Waals surface area (Å²) in [4.78, 5) is 29.1. The second-order valence-electron chi connectivity index (χ2n) is 6.96. The molecule has 1 aromatic heterocycles. The van der Waals surface area contributed by atoms with Gasteiger partial charge in [0.15, 0.2) is 0 Å². The number of morpholine rings is 1. The van der Waals surface area contributed by atoms with Gasteiger partial charge in [-0.3, -0.25) is 14.3 Å². The first-order valence-electron chi connectivity index (χ1n) is 9.14. The first-order chi connectivity index (χ1) is 12.0. The lowest BCUT2D eigenvalue weighted by Crippen LogP contribution is -2.51. The molecule has 25 heavy (non-hydrogen) atoms. The lowest BCUT2D eigenvalue weighted by molar-refractivity contribution is -0.146. The number of ether oxygens (including phenoxy) is 1. The van der Waals surface area contributed by atoms with E-state index in [1.807, 2.05) is 30.5 Å². The molecule has 0 aromatic carbocycles. The van der Waals surface area contributed by atoms with E-state index in [9.17, 15) is 9.59 Å². The third kappa shape index (κ3) is 3.71. The number of aryl methyl sites for hydroxylation is 2. The van der Waals surface area contributed by atoms with Crippen molar-refractivity contribution in [2.75, 3.05) is 32.8 Å². The Morgan fingerprint density at radius 3 is 2.56 bits per heavy atom. The van der Waals surface area contributed by atoms with Crippen LogP contribution < -0.4 is 0 Å². The normalized spacial score (nSPS) is 21.0. The van der Waals surface area contributed by atoms with Crippen LogP contribution in [-0.2, 0) is 27.8 Å². The summed E-state index contributed by atoms with van der Waals surface area (Å²) >= 11 is 0. The van der Waals surface area contributed by atoms with E-state index in [2.05, 4.69) is 5.10 Å². The van der Waals surface area contributed by atoms with Crippen molar-refractivity contribution >= 4 is 11.8 Å². The maximum atomic E-state index is 12.8. The molecule has 0 saturated carbocycles. The molecule has 2 aliphatic rings. The summed E-state index contributed by atoms with van der Waals surface area (Å²) in [7, 11) is 1.92. The first kappa shape index (κ1) is 17.9. The smallest absolute Gasteiger partial charge is 0.245 e. The summed E-state index contributed by atoms with van der Waals surface area (Å²) in [6, 6.07) is -0.290. The van der Waals surface area contributed by atoms with Crippen LogP contribution in [0, 0.1) is 13.8 Å². The van der Waals surface area contributed by atoms with Crippen LogP contribution in [0.3, 0.4) is 0 Å². The van der Waals surface area contributed by atoms with Gasteiger partial charge < -0.3 is 14.5 Å². The number of hydrogen-bond acceptors (Lipinski definition) is 4. The van der Waals surface area contributed by atoms with E-state index in [4.69, 9.17) is 4.74 Å². The minimum atomic E-state index is -0.290. The number of nitrogens with zero attached hydrogens (tertiary/aromatic N) is 4. The van der Waals surface area contributed by atoms with Crippen molar-refractivity contribution < 1.29 is 14.3 Å². The highest BCUT2D eigenvalue weighted by atomic mass is 16.5. The molecule has 2 aliphatic heterocycles. The number of hydrogen-bond donors (Lipinski definition) is 0. The monoisotopic (exact) mass is 348 g/mol. The summed E-state index contributed by atoms with van der Waals surface area (Å²) in [5.74, 6) is 0.162. The Balaban J connectivity index is 1.61. The zero-order valence-electron chi connectivity index (χ0n) is 15.5. The van der Waals surface area contributed by atoms with Gasteiger partial charge in [0.25, 0.3) is 0 Å². The molecule has 2 saturated heterocycles. The van der Waals surface area contributed by atoms with Crippen LogP contribution in [0.2, 0.25) is 0 Å². The number of carbonyl (C=O) groups is 2. The summed E-state index contributed by atoms with van der Waals surface area (Å²) in [5.41, 5.74) is 3.23. The van der Waals surface area contributed by atoms with Crippen molar-refractivity contribution in [2.24, 2.45) is 7.05 Å². The Labute approximate surface area is 148 Å². The highest BCUT2D eigenvalue weighted by Crippen LogP contribution is 2.22. The standard InChI is InChI=1S/C18H28N4O3/c1-13-15(14(2)20(3)19-13)6-7-17(23)22-8-4-5-16(22)18(24)21-9-11-25-12-10-21/h16H,4-12H2,1-3H3/t16-/m0/s1. The molecule has 3 heterocycles. The van der Waals surface area contributed by atoms with Gasteiger partial charge >= 0.3 is 0 Å². The van der Waals surface area contributed by atoms with Crippen LogP contribution in [0.1, 0.15) is 36.2 Å². The predicted octanol–water partition coefficient (Wildman–Crippen LogP) is 0.819. The molecule has 3 rings (SSSR count). The third-order valence-corrected chi connectivity index (χ3v) is 5.43. The third-order valence-electron chi connectivity index (χ3n) is 5.43. The van der Waals surface area contributed by atoms with Crippen LogP contribution in [-0.4, -0.2) is 70.3 Å². The molecule has 7 heteroatoms. The van der Waals surface area contributed by atoms with E-state index in [0.717, 1.165) is 29.8 Å². The van der Waals surface area contributed by atoms with Gasteiger partial charge in [-0.05, 0) is 38.7 Å². The molecule has 0 N–H and O–H groups in total. The minimum Gasteiger partial charge on any atom is -0.378 e. The zero-order valence-corrected chi connectivity index (χ0v) is 15.5. The Hall–Kier alpha value is -1.89. The Kier molecular flexibility index (Phi) is 5.42. The average molecular weight is 348 g/mol. The van der Waals surface area contributed by atoms with Crippen LogP contribution in [0.4, 0.5) is 0 Å². The molecule has 0 unspecified atom stereocenters. The zero-order chi connectivity index (χ0) is 18.0. The molecule has 0 aliphatic carbocycles. The van der Waals surface area contributed by atoms with Gasteiger partial charge in [0.1, 0.15) is 6.04 Å². The molecule has 1 aromatic rings. The fraction of sp³-hybridized carbons (Fsp3) is 0.722. The largest absolute Gasteiger partial charge is 0.378 e. The number of rotatable bonds is 4. The quantitative estimate of drug-likeness (QED) is 0.808. The second-order valence-corrected chi connectivity index (χ2v) is 6.96. The minimum absolute atomic E-state index is 0.0757. The fourth-order valence-corrected chi connectivity index (χ4v) is 3.87. The molecular formula is C18H28N4O3. The van der Waals surface area contributed by atoms with Crippen LogP contribution >= 0.6 is 0 Å². The molecular weight excluding hydrogens is 320 g/mol. The summed E-state index contributed by atoms with van der Waals surface area (Å²) in [6.45, 7) is 7.13. The summed E-state index contributed by atoms with van der Waals surface area (Å²) in [5, 5.41) is 4.41. The van der Waals surface area contributed by atoms with E-state index < -0.39 is 0 Å². The van der Waals surface area contributed by atoms with Gasteiger partial charge in [-0.15, -0.1) is 0 Å². The van der Waals surface area contributed by atoms with Gasteiger partial charge in [-0.2, -0.15) is 5.10 Å². The van der Waals surface area contributed by atoms with Crippen molar-refractivity contribution in [1.29, 1.82) is 0 Å². The molecule has 0 bridgehead atoms. The Morgan fingerprint density at radius 1 is 1.20 bits per heavy atom. The van der Waals surface area contributed by atoms with E-state index in [0.29, 0.717) is 45.7 Å². The van der Waals surface area contributed by atoms with Crippen molar-refractivity contribution in [1.82, 2.24) is 19.6 Å². The fourth-order valence-electron chi connectivity index (χ4n) is 3.87. The summed E-state index contributed by atoms with van der Waals surface area (Å²) < 4.78 is 7.17. The van der Waals surface area contributed by atoms with Crippen molar-refractivity contribution in [3.63, 3.8) is 0 Å². The molecule has 7 nitrogen and oxygen atoms in total.